The highest BCUT2D eigenvalue weighted by molar-refractivity contribution is 7.92. The van der Waals surface area contributed by atoms with Gasteiger partial charge in [0.2, 0.25) is 0 Å². The largest absolute Gasteiger partial charge is 0.339 e. The number of hydrogen-bond donors (Lipinski definition) is 1. The molecule has 0 radical (unpaired) electrons. The first-order valence-electron chi connectivity index (χ1n) is 8.06. The molecule has 3 rings (SSSR count). The Hall–Kier alpha value is -2.05. The third-order valence-corrected chi connectivity index (χ3v) is 6.20. The van der Waals surface area contributed by atoms with Gasteiger partial charge in [-0.05, 0) is 55.7 Å². The molecule has 1 saturated heterocycles. The SMILES string of the molecule is Cc1c(Cl)cccc1S(=O)(=O)Nc1cccc(C(=O)N2CCCC2)c1. The van der Waals surface area contributed by atoms with E-state index in [2.05, 4.69) is 4.72 Å². The fourth-order valence-corrected chi connectivity index (χ4v) is 4.46. The highest BCUT2D eigenvalue weighted by atomic mass is 35.5. The number of halogens is 1. The van der Waals surface area contributed by atoms with Crippen LogP contribution in [0.25, 0.3) is 0 Å². The van der Waals surface area contributed by atoms with Crippen LogP contribution in [0, 0.1) is 6.92 Å². The van der Waals surface area contributed by atoms with Gasteiger partial charge >= 0.3 is 0 Å². The summed E-state index contributed by atoms with van der Waals surface area (Å²) in [6.07, 6.45) is 2.01. The molecule has 1 amide bonds. The van der Waals surface area contributed by atoms with Gasteiger partial charge < -0.3 is 4.90 Å². The minimum absolute atomic E-state index is 0.0718. The van der Waals surface area contributed by atoms with E-state index in [0.29, 0.717) is 21.8 Å². The number of amides is 1. The summed E-state index contributed by atoms with van der Waals surface area (Å²) in [5.41, 5.74) is 1.32. The summed E-state index contributed by atoms with van der Waals surface area (Å²) in [6.45, 7) is 3.15. The zero-order chi connectivity index (χ0) is 18.0. The van der Waals surface area contributed by atoms with Gasteiger partial charge in [0.05, 0.1) is 4.90 Å². The number of rotatable bonds is 4. The number of nitrogens with one attached hydrogen (secondary N) is 1. The first-order chi connectivity index (χ1) is 11.9. The van der Waals surface area contributed by atoms with Crippen molar-refractivity contribution in [1.82, 2.24) is 4.90 Å². The van der Waals surface area contributed by atoms with Crippen molar-refractivity contribution in [3.8, 4) is 0 Å². The van der Waals surface area contributed by atoms with Crippen LogP contribution in [0.15, 0.2) is 47.4 Å². The average molecular weight is 379 g/mol. The van der Waals surface area contributed by atoms with Crippen molar-refractivity contribution in [2.45, 2.75) is 24.7 Å². The molecule has 2 aromatic carbocycles. The predicted octanol–water partition coefficient (Wildman–Crippen LogP) is 3.69. The van der Waals surface area contributed by atoms with Crippen LogP contribution in [0.4, 0.5) is 5.69 Å². The Morgan fingerprint density at radius 3 is 2.52 bits per heavy atom. The lowest BCUT2D eigenvalue weighted by atomic mass is 10.2. The number of carbonyl (C=O) groups excluding carboxylic acids is 1. The monoisotopic (exact) mass is 378 g/mol. The second-order valence-corrected chi connectivity index (χ2v) is 8.11. The second-order valence-electron chi connectivity index (χ2n) is 6.05. The zero-order valence-corrected chi connectivity index (χ0v) is 15.4. The molecule has 7 heteroatoms. The van der Waals surface area contributed by atoms with Crippen LogP contribution >= 0.6 is 11.6 Å². The topological polar surface area (TPSA) is 66.5 Å². The van der Waals surface area contributed by atoms with Crippen LogP contribution in [0.5, 0.6) is 0 Å². The van der Waals surface area contributed by atoms with Gasteiger partial charge in [0.15, 0.2) is 0 Å². The number of carbonyl (C=O) groups is 1. The lowest BCUT2D eigenvalue weighted by Gasteiger charge is -2.16. The van der Waals surface area contributed by atoms with Crippen molar-refractivity contribution < 1.29 is 13.2 Å². The molecule has 1 heterocycles. The average Bonchev–Trinajstić information content (AvgIpc) is 3.11. The normalized spacial score (nSPS) is 14.6. The highest BCUT2D eigenvalue weighted by Crippen LogP contribution is 2.25. The molecule has 0 saturated carbocycles. The Bertz CT molecular complexity index is 906. The molecule has 2 aromatic rings. The quantitative estimate of drug-likeness (QED) is 0.882. The third-order valence-electron chi connectivity index (χ3n) is 4.26. The van der Waals surface area contributed by atoms with E-state index in [9.17, 15) is 13.2 Å². The fraction of sp³-hybridized carbons (Fsp3) is 0.278. The molecule has 0 atom stereocenters. The van der Waals surface area contributed by atoms with Crippen molar-refractivity contribution in [2.24, 2.45) is 0 Å². The van der Waals surface area contributed by atoms with E-state index in [4.69, 9.17) is 11.6 Å². The Morgan fingerprint density at radius 2 is 1.80 bits per heavy atom. The molecule has 1 aliphatic rings. The molecule has 25 heavy (non-hydrogen) atoms. The van der Waals surface area contributed by atoms with Crippen LogP contribution in [0.3, 0.4) is 0 Å². The molecular weight excluding hydrogens is 360 g/mol. The number of likely N-dealkylation sites (tertiary alicyclic amines) is 1. The summed E-state index contributed by atoms with van der Waals surface area (Å²) >= 11 is 6.02. The zero-order valence-electron chi connectivity index (χ0n) is 13.8. The van der Waals surface area contributed by atoms with E-state index in [1.54, 1.807) is 48.2 Å². The van der Waals surface area contributed by atoms with Crippen molar-refractivity contribution in [3.05, 3.63) is 58.6 Å². The fourth-order valence-electron chi connectivity index (χ4n) is 2.91. The molecule has 0 aromatic heterocycles. The van der Waals surface area contributed by atoms with Gasteiger partial charge in [-0.2, -0.15) is 0 Å². The summed E-state index contributed by atoms with van der Waals surface area (Å²) in [7, 11) is -3.79. The first kappa shape index (κ1) is 17.8. The standard InChI is InChI=1S/C18H19ClN2O3S/c1-13-16(19)8-5-9-17(13)25(23,24)20-15-7-4-6-14(12-15)18(22)21-10-2-3-11-21/h4-9,12,20H,2-3,10-11H2,1H3. The molecule has 5 nitrogen and oxygen atoms in total. The maximum absolute atomic E-state index is 12.6. The summed E-state index contributed by atoms with van der Waals surface area (Å²) in [5, 5.41) is 0.390. The van der Waals surface area contributed by atoms with Gasteiger partial charge in [0, 0.05) is 29.4 Å². The van der Waals surface area contributed by atoms with E-state index in [1.807, 2.05) is 0 Å². The van der Waals surface area contributed by atoms with E-state index in [1.165, 1.54) is 6.07 Å². The molecule has 132 valence electrons. The molecule has 1 fully saturated rings. The highest BCUT2D eigenvalue weighted by Gasteiger charge is 2.21. The van der Waals surface area contributed by atoms with Crippen molar-refractivity contribution >= 4 is 33.2 Å². The van der Waals surface area contributed by atoms with Crippen LogP contribution in [0.1, 0.15) is 28.8 Å². The van der Waals surface area contributed by atoms with Crippen LogP contribution in [-0.2, 0) is 10.0 Å². The summed E-state index contributed by atoms with van der Waals surface area (Å²) in [6, 6.07) is 11.3. The number of anilines is 1. The van der Waals surface area contributed by atoms with Crippen LogP contribution < -0.4 is 4.72 Å². The first-order valence-corrected chi connectivity index (χ1v) is 9.92. The Balaban J connectivity index is 1.86. The molecule has 0 bridgehead atoms. The van der Waals surface area contributed by atoms with Crippen molar-refractivity contribution in [3.63, 3.8) is 0 Å². The van der Waals surface area contributed by atoms with Gasteiger partial charge in [0.1, 0.15) is 0 Å². The summed E-state index contributed by atoms with van der Waals surface area (Å²) in [4.78, 5) is 14.4. The summed E-state index contributed by atoms with van der Waals surface area (Å²) in [5.74, 6) is -0.0718. The molecule has 0 unspecified atom stereocenters. The van der Waals surface area contributed by atoms with Gasteiger partial charge in [-0.15, -0.1) is 0 Å². The minimum Gasteiger partial charge on any atom is -0.339 e. The lowest BCUT2D eigenvalue weighted by Crippen LogP contribution is -2.27. The van der Waals surface area contributed by atoms with Crippen molar-refractivity contribution in [1.29, 1.82) is 0 Å². The van der Waals surface area contributed by atoms with Gasteiger partial charge in [-0.25, -0.2) is 8.42 Å². The van der Waals surface area contributed by atoms with Gasteiger partial charge in [-0.1, -0.05) is 23.7 Å². The maximum atomic E-state index is 12.6. The predicted molar refractivity (Wildman–Crippen MR) is 98.6 cm³/mol. The Labute approximate surface area is 152 Å². The number of benzene rings is 2. The smallest absolute Gasteiger partial charge is 0.262 e. The van der Waals surface area contributed by atoms with Crippen LogP contribution in [-0.4, -0.2) is 32.3 Å². The van der Waals surface area contributed by atoms with E-state index in [-0.39, 0.29) is 10.8 Å². The lowest BCUT2D eigenvalue weighted by molar-refractivity contribution is 0.0793. The summed E-state index contributed by atoms with van der Waals surface area (Å²) < 4.78 is 27.8. The van der Waals surface area contributed by atoms with Gasteiger partial charge in [-0.3, -0.25) is 9.52 Å². The number of hydrogen-bond acceptors (Lipinski definition) is 3. The minimum atomic E-state index is -3.79. The Kier molecular flexibility index (Phi) is 5.01. The molecule has 0 aliphatic carbocycles. The number of sulfonamides is 1. The molecule has 0 spiro atoms. The Morgan fingerprint density at radius 1 is 1.12 bits per heavy atom. The van der Waals surface area contributed by atoms with Crippen molar-refractivity contribution in [2.75, 3.05) is 17.8 Å². The van der Waals surface area contributed by atoms with E-state index < -0.39 is 10.0 Å². The second kappa shape index (κ2) is 7.06. The number of nitrogens with zero attached hydrogens (tertiary/aromatic N) is 1. The van der Waals surface area contributed by atoms with Gasteiger partial charge in [0.25, 0.3) is 15.9 Å². The van der Waals surface area contributed by atoms with E-state index >= 15 is 0 Å². The van der Waals surface area contributed by atoms with Crippen LogP contribution in [0.2, 0.25) is 5.02 Å². The molecule has 1 aliphatic heterocycles. The third kappa shape index (κ3) is 3.80. The maximum Gasteiger partial charge on any atom is 0.262 e. The molecular formula is C18H19ClN2O3S. The van der Waals surface area contributed by atoms with E-state index in [0.717, 1.165) is 25.9 Å². The molecule has 1 N–H and O–H groups in total.